The Morgan fingerprint density at radius 2 is 2.07 bits per heavy atom. The molecule has 1 amide bonds. The van der Waals surface area contributed by atoms with Crippen molar-refractivity contribution in [3.63, 3.8) is 0 Å². The second-order valence-corrected chi connectivity index (χ2v) is 3.84. The van der Waals surface area contributed by atoms with Gasteiger partial charge in [0.2, 0.25) is 5.91 Å². The van der Waals surface area contributed by atoms with Crippen molar-refractivity contribution in [1.29, 1.82) is 0 Å². The Labute approximate surface area is 88.8 Å². The number of hydrogen-bond acceptors (Lipinski definition) is 4. The summed E-state index contributed by atoms with van der Waals surface area (Å²) in [5, 5.41) is 11.1. The summed E-state index contributed by atoms with van der Waals surface area (Å²) in [6, 6.07) is 0. The van der Waals surface area contributed by atoms with Crippen LogP contribution in [0.25, 0.3) is 0 Å². The molecule has 0 aliphatic carbocycles. The SMILES string of the molecule is CC(C)(CC(=O)O)NC(=O)COCCN. The van der Waals surface area contributed by atoms with E-state index in [1.165, 1.54) is 0 Å². The highest BCUT2D eigenvalue weighted by Gasteiger charge is 2.23. The first-order chi connectivity index (χ1) is 6.87. The Hall–Kier alpha value is -1.14. The molecule has 0 aliphatic heterocycles. The van der Waals surface area contributed by atoms with Crippen LogP contribution in [-0.4, -0.2) is 42.3 Å². The molecular weight excluding hydrogens is 200 g/mol. The van der Waals surface area contributed by atoms with Crippen LogP contribution in [0.2, 0.25) is 0 Å². The van der Waals surface area contributed by atoms with Crippen LogP contribution in [0.3, 0.4) is 0 Å². The summed E-state index contributed by atoms with van der Waals surface area (Å²) in [6.45, 7) is 3.85. The Morgan fingerprint density at radius 3 is 2.53 bits per heavy atom. The average molecular weight is 218 g/mol. The van der Waals surface area contributed by atoms with Crippen molar-refractivity contribution < 1.29 is 19.4 Å². The summed E-state index contributed by atoms with van der Waals surface area (Å²) in [7, 11) is 0. The molecule has 0 spiro atoms. The molecule has 88 valence electrons. The smallest absolute Gasteiger partial charge is 0.305 e. The van der Waals surface area contributed by atoms with Crippen LogP contribution in [0.1, 0.15) is 20.3 Å². The highest BCUT2D eigenvalue weighted by molar-refractivity contribution is 5.79. The molecular formula is C9H18N2O4. The van der Waals surface area contributed by atoms with E-state index in [4.69, 9.17) is 15.6 Å². The van der Waals surface area contributed by atoms with Crippen molar-refractivity contribution in [3.05, 3.63) is 0 Å². The second-order valence-electron chi connectivity index (χ2n) is 3.84. The normalized spacial score (nSPS) is 11.1. The Kier molecular flexibility index (Phi) is 5.88. The van der Waals surface area contributed by atoms with E-state index >= 15 is 0 Å². The van der Waals surface area contributed by atoms with Crippen molar-refractivity contribution in [1.82, 2.24) is 5.32 Å². The maximum atomic E-state index is 11.2. The van der Waals surface area contributed by atoms with Gasteiger partial charge in [-0.3, -0.25) is 9.59 Å². The van der Waals surface area contributed by atoms with Gasteiger partial charge in [-0.15, -0.1) is 0 Å². The monoisotopic (exact) mass is 218 g/mol. The Balaban J connectivity index is 3.88. The molecule has 6 heteroatoms. The van der Waals surface area contributed by atoms with Crippen LogP contribution in [0, 0.1) is 0 Å². The molecule has 0 atom stereocenters. The molecule has 0 bridgehead atoms. The van der Waals surface area contributed by atoms with E-state index in [0.29, 0.717) is 13.2 Å². The minimum Gasteiger partial charge on any atom is -0.481 e. The maximum Gasteiger partial charge on any atom is 0.305 e. The van der Waals surface area contributed by atoms with Crippen LogP contribution >= 0.6 is 0 Å². The number of nitrogens with two attached hydrogens (primary N) is 1. The number of ether oxygens (including phenoxy) is 1. The zero-order valence-corrected chi connectivity index (χ0v) is 9.08. The largest absolute Gasteiger partial charge is 0.481 e. The van der Waals surface area contributed by atoms with Gasteiger partial charge in [0.25, 0.3) is 0 Å². The predicted molar refractivity (Wildman–Crippen MR) is 54.3 cm³/mol. The second kappa shape index (κ2) is 6.36. The molecule has 0 fully saturated rings. The van der Waals surface area contributed by atoms with E-state index in [9.17, 15) is 9.59 Å². The van der Waals surface area contributed by atoms with Crippen LogP contribution in [0.15, 0.2) is 0 Å². The maximum absolute atomic E-state index is 11.2. The van der Waals surface area contributed by atoms with Gasteiger partial charge >= 0.3 is 5.97 Å². The van der Waals surface area contributed by atoms with Crippen molar-refractivity contribution in [2.45, 2.75) is 25.8 Å². The summed E-state index contributed by atoms with van der Waals surface area (Å²) in [5.74, 6) is -1.29. The summed E-state index contributed by atoms with van der Waals surface area (Å²) < 4.78 is 4.91. The first-order valence-corrected chi connectivity index (χ1v) is 4.68. The standard InChI is InChI=1S/C9H18N2O4/c1-9(2,5-8(13)14)11-7(12)6-15-4-3-10/h3-6,10H2,1-2H3,(H,11,12)(H,13,14). The van der Waals surface area contributed by atoms with Gasteiger partial charge < -0.3 is 20.9 Å². The fourth-order valence-electron chi connectivity index (χ4n) is 1.08. The number of carboxylic acids is 1. The van der Waals surface area contributed by atoms with Crippen molar-refractivity contribution in [3.8, 4) is 0 Å². The van der Waals surface area contributed by atoms with Gasteiger partial charge in [-0.2, -0.15) is 0 Å². The van der Waals surface area contributed by atoms with Crippen LogP contribution in [0.5, 0.6) is 0 Å². The van der Waals surface area contributed by atoms with Crippen molar-refractivity contribution >= 4 is 11.9 Å². The topological polar surface area (TPSA) is 102 Å². The number of carboxylic acid groups (broad SMARTS) is 1. The molecule has 0 rings (SSSR count). The van der Waals surface area contributed by atoms with Gasteiger partial charge in [0.15, 0.2) is 0 Å². The number of nitrogens with one attached hydrogen (secondary N) is 1. The zero-order chi connectivity index (χ0) is 11.9. The summed E-state index contributed by atoms with van der Waals surface area (Å²) in [5.41, 5.74) is 4.40. The first kappa shape index (κ1) is 13.9. The van der Waals surface area contributed by atoms with E-state index in [1.807, 2.05) is 0 Å². The number of hydrogen-bond donors (Lipinski definition) is 3. The fourth-order valence-corrected chi connectivity index (χ4v) is 1.08. The number of aliphatic carboxylic acids is 1. The fraction of sp³-hybridized carbons (Fsp3) is 0.778. The highest BCUT2D eigenvalue weighted by atomic mass is 16.5. The third-order valence-corrected chi connectivity index (χ3v) is 1.57. The Bertz CT molecular complexity index is 228. The van der Waals surface area contributed by atoms with Gasteiger partial charge in [0.05, 0.1) is 13.0 Å². The van der Waals surface area contributed by atoms with E-state index < -0.39 is 11.5 Å². The molecule has 15 heavy (non-hydrogen) atoms. The van der Waals surface area contributed by atoms with Crippen molar-refractivity contribution in [2.24, 2.45) is 5.73 Å². The highest BCUT2D eigenvalue weighted by Crippen LogP contribution is 2.07. The summed E-state index contributed by atoms with van der Waals surface area (Å²) >= 11 is 0. The molecule has 0 saturated heterocycles. The number of rotatable bonds is 7. The molecule has 0 aromatic carbocycles. The van der Waals surface area contributed by atoms with Gasteiger partial charge in [-0.25, -0.2) is 0 Å². The summed E-state index contributed by atoms with van der Waals surface area (Å²) in [4.78, 5) is 21.7. The molecule has 0 saturated carbocycles. The lowest BCUT2D eigenvalue weighted by molar-refractivity contribution is -0.139. The van der Waals surface area contributed by atoms with Crippen LogP contribution in [-0.2, 0) is 14.3 Å². The quantitative estimate of drug-likeness (QED) is 0.492. The summed E-state index contributed by atoms with van der Waals surface area (Å²) in [6.07, 6.45) is -0.129. The number of amides is 1. The average Bonchev–Trinajstić information content (AvgIpc) is 2.00. The molecule has 6 nitrogen and oxygen atoms in total. The third-order valence-electron chi connectivity index (χ3n) is 1.57. The number of carbonyl (C=O) groups excluding carboxylic acids is 1. The van der Waals surface area contributed by atoms with E-state index in [1.54, 1.807) is 13.8 Å². The minimum absolute atomic E-state index is 0.0970. The lowest BCUT2D eigenvalue weighted by atomic mass is 10.0. The molecule has 0 aromatic rings. The lowest BCUT2D eigenvalue weighted by Gasteiger charge is -2.24. The van der Waals surface area contributed by atoms with Gasteiger partial charge in [-0.05, 0) is 13.8 Å². The van der Waals surface area contributed by atoms with Crippen LogP contribution in [0.4, 0.5) is 0 Å². The van der Waals surface area contributed by atoms with Gasteiger partial charge in [0, 0.05) is 12.1 Å². The van der Waals surface area contributed by atoms with E-state index in [-0.39, 0.29) is 18.9 Å². The molecule has 0 aromatic heterocycles. The third kappa shape index (κ3) is 7.90. The van der Waals surface area contributed by atoms with E-state index in [0.717, 1.165) is 0 Å². The molecule has 4 N–H and O–H groups in total. The molecule has 0 heterocycles. The Morgan fingerprint density at radius 1 is 1.47 bits per heavy atom. The van der Waals surface area contributed by atoms with Gasteiger partial charge in [0.1, 0.15) is 6.61 Å². The first-order valence-electron chi connectivity index (χ1n) is 4.68. The van der Waals surface area contributed by atoms with Gasteiger partial charge in [-0.1, -0.05) is 0 Å². The van der Waals surface area contributed by atoms with Crippen molar-refractivity contribution in [2.75, 3.05) is 19.8 Å². The molecule has 0 unspecified atom stereocenters. The molecule has 0 radical (unpaired) electrons. The minimum atomic E-state index is -0.955. The zero-order valence-electron chi connectivity index (χ0n) is 9.08. The predicted octanol–water partition coefficient (Wildman–Crippen LogP) is -0.669. The molecule has 0 aliphatic rings. The van der Waals surface area contributed by atoms with E-state index in [2.05, 4.69) is 5.32 Å². The van der Waals surface area contributed by atoms with Crippen LogP contribution < -0.4 is 11.1 Å². The number of carbonyl (C=O) groups is 2. The lowest BCUT2D eigenvalue weighted by Crippen LogP contribution is -2.46.